The normalized spacial score (nSPS) is 12.3. The highest BCUT2D eigenvalue weighted by Crippen LogP contribution is 2.19. The topological polar surface area (TPSA) is 29.6 Å². The molecule has 0 amide bonds. The Morgan fingerprint density at radius 2 is 1.95 bits per heavy atom. The van der Waals surface area contributed by atoms with E-state index < -0.39 is 0 Å². The van der Waals surface area contributed by atoms with Crippen LogP contribution in [0.25, 0.3) is 11.3 Å². The molecule has 2 aromatic heterocycles. The predicted molar refractivity (Wildman–Crippen MR) is 91.2 cm³/mol. The fourth-order valence-electron chi connectivity index (χ4n) is 1.94. The van der Waals surface area contributed by atoms with E-state index in [2.05, 4.69) is 39.1 Å². The van der Waals surface area contributed by atoms with Crippen molar-refractivity contribution in [3.05, 3.63) is 62.9 Å². The van der Waals surface area contributed by atoms with Gasteiger partial charge in [0.05, 0.1) is 11.9 Å². The van der Waals surface area contributed by atoms with Crippen LogP contribution in [0, 0.1) is 0 Å². The molecule has 21 heavy (non-hydrogen) atoms. The molecule has 3 rings (SSSR count). The molecule has 0 saturated heterocycles. The van der Waals surface area contributed by atoms with E-state index in [9.17, 15) is 0 Å². The van der Waals surface area contributed by atoms with Gasteiger partial charge in [0.25, 0.3) is 0 Å². The highest BCUT2D eigenvalue weighted by atomic mass is 32.1. The number of thiazole rings is 1. The minimum absolute atomic E-state index is 0.753. The molecular weight excluding hydrogens is 298 g/mol. The largest absolute Gasteiger partial charge is 0.258 e. The molecule has 1 aromatic carbocycles. The first-order chi connectivity index (χ1) is 10.4. The SMILES string of the molecule is CCN=c1scc(-c2ccccc2)n1N=Cc1cccs1. The van der Waals surface area contributed by atoms with Crippen molar-refractivity contribution in [2.24, 2.45) is 10.1 Å². The quantitative estimate of drug-likeness (QED) is 0.650. The minimum atomic E-state index is 0.753. The van der Waals surface area contributed by atoms with Gasteiger partial charge in [-0.3, -0.25) is 4.99 Å². The van der Waals surface area contributed by atoms with Crippen LogP contribution < -0.4 is 4.80 Å². The van der Waals surface area contributed by atoms with Crippen LogP contribution in [-0.2, 0) is 0 Å². The number of rotatable bonds is 4. The third-order valence-corrected chi connectivity index (χ3v) is 4.55. The third kappa shape index (κ3) is 3.20. The first-order valence-corrected chi connectivity index (χ1v) is 8.48. The molecule has 0 atom stereocenters. The second-order valence-corrected chi connectivity index (χ2v) is 6.13. The van der Waals surface area contributed by atoms with Crippen LogP contribution in [0.2, 0.25) is 0 Å². The number of thiophene rings is 1. The summed E-state index contributed by atoms with van der Waals surface area (Å²) in [5, 5.41) is 8.78. The van der Waals surface area contributed by atoms with E-state index in [1.54, 1.807) is 22.7 Å². The second-order valence-electron chi connectivity index (χ2n) is 4.32. The van der Waals surface area contributed by atoms with E-state index in [1.807, 2.05) is 42.1 Å². The molecule has 0 aliphatic heterocycles. The standard InChI is InChI=1S/C16H15N3S2/c1-2-17-16-19(18-11-14-9-6-10-20-14)15(12-21-16)13-7-4-3-5-8-13/h3-12H,2H2,1H3. The summed E-state index contributed by atoms with van der Waals surface area (Å²) in [5.74, 6) is 0. The first kappa shape index (κ1) is 14.0. The third-order valence-electron chi connectivity index (χ3n) is 2.89. The Balaban J connectivity index is 2.08. The van der Waals surface area contributed by atoms with Crippen LogP contribution in [0.3, 0.4) is 0 Å². The summed E-state index contributed by atoms with van der Waals surface area (Å²) in [4.78, 5) is 6.58. The van der Waals surface area contributed by atoms with Crippen molar-refractivity contribution in [3.63, 3.8) is 0 Å². The maximum atomic E-state index is 4.62. The summed E-state index contributed by atoms with van der Waals surface area (Å²) in [6, 6.07) is 14.4. The van der Waals surface area contributed by atoms with E-state index in [-0.39, 0.29) is 0 Å². The number of nitrogens with zero attached hydrogens (tertiary/aromatic N) is 3. The van der Waals surface area contributed by atoms with Crippen molar-refractivity contribution in [2.75, 3.05) is 6.54 Å². The van der Waals surface area contributed by atoms with Gasteiger partial charge in [-0.15, -0.1) is 22.7 Å². The Kier molecular flexibility index (Phi) is 4.43. The summed E-state index contributed by atoms with van der Waals surface area (Å²) in [6.45, 7) is 2.79. The fraction of sp³-hybridized carbons (Fsp3) is 0.125. The van der Waals surface area contributed by atoms with Gasteiger partial charge in [-0.25, -0.2) is 4.68 Å². The van der Waals surface area contributed by atoms with Crippen LogP contribution in [0.15, 0.2) is 63.3 Å². The first-order valence-electron chi connectivity index (χ1n) is 6.73. The molecule has 2 heterocycles. The summed E-state index contributed by atoms with van der Waals surface area (Å²) >= 11 is 3.29. The van der Waals surface area contributed by atoms with Crippen LogP contribution >= 0.6 is 22.7 Å². The number of benzene rings is 1. The van der Waals surface area contributed by atoms with Gasteiger partial charge in [0.15, 0.2) is 0 Å². The lowest BCUT2D eigenvalue weighted by molar-refractivity contribution is 0.833. The molecule has 0 unspecified atom stereocenters. The molecule has 106 valence electrons. The Morgan fingerprint density at radius 3 is 2.67 bits per heavy atom. The van der Waals surface area contributed by atoms with Gasteiger partial charge >= 0.3 is 0 Å². The van der Waals surface area contributed by atoms with Crippen molar-refractivity contribution in [2.45, 2.75) is 6.92 Å². The van der Waals surface area contributed by atoms with Gasteiger partial charge in [-0.1, -0.05) is 36.4 Å². The molecule has 3 nitrogen and oxygen atoms in total. The zero-order valence-electron chi connectivity index (χ0n) is 11.6. The number of hydrogen-bond donors (Lipinski definition) is 0. The van der Waals surface area contributed by atoms with E-state index in [0.717, 1.165) is 27.5 Å². The zero-order valence-corrected chi connectivity index (χ0v) is 13.3. The van der Waals surface area contributed by atoms with Crippen molar-refractivity contribution in [1.82, 2.24) is 4.68 Å². The Hall–Kier alpha value is -1.98. The van der Waals surface area contributed by atoms with Crippen LogP contribution in [0.5, 0.6) is 0 Å². The van der Waals surface area contributed by atoms with Crippen molar-refractivity contribution in [1.29, 1.82) is 0 Å². The Labute approximate surface area is 131 Å². The Morgan fingerprint density at radius 1 is 1.10 bits per heavy atom. The predicted octanol–water partition coefficient (Wildman–Crippen LogP) is 4.08. The molecule has 0 fully saturated rings. The Bertz CT molecular complexity index is 781. The minimum Gasteiger partial charge on any atom is -0.258 e. The highest BCUT2D eigenvalue weighted by Gasteiger charge is 2.06. The van der Waals surface area contributed by atoms with E-state index in [4.69, 9.17) is 0 Å². The van der Waals surface area contributed by atoms with Crippen molar-refractivity contribution >= 4 is 28.9 Å². The summed E-state index contributed by atoms with van der Waals surface area (Å²) < 4.78 is 1.92. The zero-order chi connectivity index (χ0) is 14.5. The molecule has 0 saturated carbocycles. The lowest BCUT2D eigenvalue weighted by Gasteiger charge is -2.02. The smallest absolute Gasteiger partial charge is 0.206 e. The molecule has 3 aromatic rings. The molecule has 0 radical (unpaired) electrons. The molecule has 0 aliphatic carbocycles. The fourth-order valence-corrected chi connectivity index (χ4v) is 3.42. The monoisotopic (exact) mass is 313 g/mol. The average Bonchev–Trinajstić information content (AvgIpc) is 3.16. The van der Waals surface area contributed by atoms with Crippen molar-refractivity contribution < 1.29 is 0 Å². The van der Waals surface area contributed by atoms with Gasteiger partial charge in [0.1, 0.15) is 0 Å². The molecule has 0 aliphatic rings. The molecule has 0 bridgehead atoms. The lowest BCUT2D eigenvalue weighted by Crippen LogP contribution is -2.12. The van der Waals surface area contributed by atoms with Crippen molar-refractivity contribution in [3.8, 4) is 11.3 Å². The van der Waals surface area contributed by atoms with Gasteiger partial charge < -0.3 is 0 Å². The van der Waals surface area contributed by atoms with Gasteiger partial charge in [0, 0.05) is 22.4 Å². The maximum Gasteiger partial charge on any atom is 0.206 e. The van der Waals surface area contributed by atoms with Crippen LogP contribution in [0.1, 0.15) is 11.8 Å². The summed E-state index contributed by atoms with van der Waals surface area (Å²) in [5.41, 5.74) is 2.22. The highest BCUT2D eigenvalue weighted by molar-refractivity contribution is 7.11. The number of hydrogen-bond acceptors (Lipinski definition) is 4. The summed E-state index contributed by atoms with van der Waals surface area (Å²) in [7, 11) is 0. The number of aromatic nitrogens is 1. The molecule has 0 spiro atoms. The summed E-state index contributed by atoms with van der Waals surface area (Å²) in [6.07, 6.45) is 1.89. The average molecular weight is 313 g/mol. The molecular formula is C16H15N3S2. The van der Waals surface area contributed by atoms with Crippen LogP contribution in [0.4, 0.5) is 0 Å². The van der Waals surface area contributed by atoms with E-state index >= 15 is 0 Å². The van der Waals surface area contributed by atoms with E-state index in [1.165, 1.54) is 0 Å². The molecule has 0 N–H and O–H groups in total. The van der Waals surface area contributed by atoms with Gasteiger partial charge in [0.2, 0.25) is 4.80 Å². The maximum absolute atomic E-state index is 4.62. The van der Waals surface area contributed by atoms with Gasteiger partial charge in [-0.05, 0) is 18.4 Å². The molecule has 5 heteroatoms. The van der Waals surface area contributed by atoms with E-state index in [0.29, 0.717) is 0 Å². The second kappa shape index (κ2) is 6.65. The lowest BCUT2D eigenvalue weighted by atomic mass is 10.2. The van der Waals surface area contributed by atoms with Crippen LogP contribution in [-0.4, -0.2) is 17.4 Å². The van der Waals surface area contributed by atoms with Gasteiger partial charge in [-0.2, -0.15) is 5.10 Å².